The molecule has 0 radical (unpaired) electrons. The van der Waals surface area contributed by atoms with E-state index in [4.69, 9.17) is 0 Å². The minimum Gasteiger partial charge on any atom is -0.381 e. The molecule has 8 nitrogen and oxygen atoms in total. The van der Waals surface area contributed by atoms with Gasteiger partial charge < -0.3 is 5.11 Å². The minimum atomic E-state index is -1.97. The smallest absolute Gasteiger partial charge is 0.334 e. The summed E-state index contributed by atoms with van der Waals surface area (Å²) in [5.41, 5.74) is -0.781. The first-order valence-electron chi connectivity index (χ1n) is 10.6. The van der Waals surface area contributed by atoms with E-state index in [1.165, 1.54) is 38.6 Å². The van der Waals surface area contributed by atoms with Gasteiger partial charge in [-0.1, -0.05) is 34.1 Å². The van der Waals surface area contributed by atoms with Crippen molar-refractivity contribution in [3.63, 3.8) is 0 Å². The number of hydrogen-bond donors (Lipinski definition) is 1. The molecule has 0 fully saturated rings. The predicted octanol–water partition coefficient (Wildman–Crippen LogP) is 3.94. The van der Waals surface area contributed by atoms with Gasteiger partial charge in [0.2, 0.25) is 0 Å². The van der Waals surface area contributed by atoms with Gasteiger partial charge in [-0.05, 0) is 31.2 Å². The van der Waals surface area contributed by atoms with Gasteiger partial charge in [0, 0.05) is 34.1 Å². The van der Waals surface area contributed by atoms with Gasteiger partial charge in [0.15, 0.2) is 0 Å². The third-order valence-electron chi connectivity index (χ3n) is 6.06. The van der Waals surface area contributed by atoms with Gasteiger partial charge in [0.25, 0.3) is 0 Å². The summed E-state index contributed by atoms with van der Waals surface area (Å²) in [5.74, 6) is -1.71. The first kappa shape index (κ1) is 23.1. The molecule has 0 aliphatic rings. The van der Waals surface area contributed by atoms with E-state index in [1.54, 1.807) is 19.2 Å². The van der Waals surface area contributed by atoms with Gasteiger partial charge in [-0.15, -0.1) is 0 Å². The number of aliphatic hydroxyl groups is 1. The molecule has 0 spiro atoms. The van der Waals surface area contributed by atoms with Crippen LogP contribution in [0.3, 0.4) is 0 Å². The van der Waals surface area contributed by atoms with Gasteiger partial charge in [-0.3, -0.25) is 8.97 Å². The highest BCUT2D eigenvalue weighted by Gasteiger charge is 2.41. The van der Waals surface area contributed by atoms with E-state index in [-0.39, 0.29) is 12.1 Å². The van der Waals surface area contributed by atoms with Crippen LogP contribution in [-0.4, -0.2) is 33.8 Å². The molecule has 35 heavy (non-hydrogen) atoms. The highest BCUT2D eigenvalue weighted by molar-refractivity contribution is 9.10. The highest BCUT2D eigenvalue weighted by atomic mass is 79.9. The van der Waals surface area contributed by atoms with E-state index >= 15 is 0 Å². The van der Waals surface area contributed by atoms with Crippen molar-refractivity contribution in [2.75, 3.05) is 0 Å². The molecule has 3 heterocycles. The van der Waals surface area contributed by atoms with Gasteiger partial charge in [-0.2, -0.15) is 5.10 Å². The first-order valence-corrected chi connectivity index (χ1v) is 11.4. The fourth-order valence-corrected chi connectivity index (χ4v) is 4.39. The van der Waals surface area contributed by atoms with Crippen LogP contribution < -0.4 is 5.69 Å². The Morgan fingerprint density at radius 1 is 1.14 bits per heavy atom. The van der Waals surface area contributed by atoms with Crippen molar-refractivity contribution >= 4 is 21.6 Å². The van der Waals surface area contributed by atoms with E-state index in [0.717, 1.165) is 16.1 Å². The molecule has 5 aromatic rings. The summed E-state index contributed by atoms with van der Waals surface area (Å²) in [7, 11) is 0. The maximum atomic E-state index is 14.9. The molecule has 0 bridgehead atoms. The minimum absolute atomic E-state index is 0.171. The van der Waals surface area contributed by atoms with E-state index < -0.39 is 29.0 Å². The van der Waals surface area contributed by atoms with Crippen LogP contribution in [0.15, 0.2) is 82.8 Å². The molecule has 0 saturated carbocycles. The monoisotopic (exact) mass is 540 g/mol. The Balaban J connectivity index is 1.62. The fourth-order valence-electron chi connectivity index (χ4n) is 4.13. The summed E-state index contributed by atoms with van der Waals surface area (Å²) in [6.45, 7) is 1.36. The Bertz CT molecular complexity index is 1570. The molecule has 0 aliphatic carbocycles. The van der Waals surface area contributed by atoms with Crippen molar-refractivity contribution < 1.29 is 13.9 Å². The zero-order valence-corrected chi connectivity index (χ0v) is 20.0. The van der Waals surface area contributed by atoms with Gasteiger partial charge in [0.05, 0.1) is 18.3 Å². The fraction of sp³-hybridized carbons (Fsp3) is 0.167. The second kappa shape index (κ2) is 8.82. The number of aromatic nitrogens is 6. The molecule has 0 amide bonds. The largest absolute Gasteiger partial charge is 0.381 e. The predicted molar refractivity (Wildman–Crippen MR) is 128 cm³/mol. The Morgan fingerprint density at radius 2 is 1.91 bits per heavy atom. The molecule has 2 atom stereocenters. The van der Waals surface area contributed by atoms with Crippen LogP contribution in [0, 0.1) is 11.6 Å². The van der Waals surface area contributed by atoms with Crippen LogP contribution in [0.2, 0.25) is 0 Å². The molecular formula is C24H19BrF2N6O2. The molecule has 178 valence electrons. The van der Waals surface area contributed by atoms with Crippen LogP contribution in [0.5, 0.6) is 0 Å². The highest BCUT2D eigenvalue weighted by Crippen LogP contribution is 2.36. The zero-order chi connectivity index (χ0) is 24.7. The van der Waals surface area contributed by atoms with E-state index in [1.807, 2.05) is 24.3 Å². The first-order chi connectivity index (χ1) is 16.8. The van der Waals surface area contributed by atoms with Crippen molar-refractivity contribution in [1.29, 1.82) is 0 Å². The Hall–Kier alpha value is -3.70. The maximum absolute atomic E-state index is 14.9. The summed E-state index contributed by atoms with van der Waals surface area (Å²) in [6.07, 6.45) is 5.75. The number of halogens is 3. The molecule has 5 rings (SSSR count). The van der Waals surface area contributed by atoms with E-state index in [2.05, 4.69) is 31.0 Å². The summed E-state index contributed by atoms with van der Waals surface area (Å²) < 4.78 is 33.4. The number of rotatable bonds is 6. The number of hydrogen-bond acceptors (Lipinski definition) is 5. The molecule has 1 unspecified atom stereocenters. The van der Waals surface area contributed by atoms with Crippen molar-refractivity contribution in [2.24, 2.45) is 0 Å². The van der Waals surface area contributed by atoms with Crippen molar-refractivity contribution in [3.05, 3.63) is 106 Å². The average molecular weight is 541 g/mol. The number of imidazole rings is 1. The quantitative estimate of drug-likeness (QED) is 0.352. The normalized spacial score (nSPS) is 14.2. The van der Waals surface area contributed by atoms with Crippen LogP contribution in [0.25, 0.3) is 16.9 Å². The Kier molecular flexibility index (Phi) is 5.81. The van der Waals surface area contributed by atoms with E-state index in [0.29, 0.717) is 17.4 Å². The summed E-state index contributed by atoms with van der Waals surface area (Å²) >= 11 is 3.40. The molecule has 11 heteroatoms. The lowest BCUT2D eigenvalue weighted by Gasteiger charge is -2.35. The number of fused-ring (bicyclic) bond motifs is 1. The summed E-state index contributed by atoms with van der Waals surface area (Å²) in [4.78, 5) is 21.9. The third kappa shape index (κ3) is 4.17. The van der Waals surface area contributed by atoms with Crippen LogP contribution in [-0.2, 0) is 12.1 Å². The second-order valence-electron chi connectivity index (χ2n) is 8.18. The SMILES string of the molecule is C[C@@H](n1ccc2nc(-c3ccc(Br)cc3)cn2c1=O)C(O)(Cn1cncn1)c1ccc(F)cc1F. The van der Waals surface area contributed by atoms with Gasteiger partial charge in [-0.25, -0.2) is 28.2 Å². The molecular weight excluding hydrogens is 522 g/mol. The topological polar surface area (TPSA) is 90.2 Å². The number of benzene rings is 2. The molecule has 2 aromatic carbocycles. The van der Waals surface area contributed by atoms with Crippen molar-refractivity contribution in [2.45, 2.75) is 25.1 Å². The van der Waals surface area contributed by atoms with Crippen LogP contribution >= 0.6 is 15.9 Å². The Morgan fingerprint density at radius 3 is 2.60 bits per heavy atom. The lowest BCUT2D eigenvalue weighted by Crippen LogP contribution is -2.44. The second-order valence-corrected chi connectivity index (χ2v) is 9.10. The van der Waals surface area contributed by atoms with E-state index in [9.17, 15) is 18.7 Å². The maximum Gasteiger partial charge on any atom is 0.334 e. The molecule has 0 aliphatic heterocycles. The zero-order valence-electron chi connectivity index (χ0n) is 18.4. The average Bonchev–Trinajstić information content (AvgIpc) is 3.49. The van der Waals surface area contributed by atoms with Crippen LogP contribution in [0.1, 0.15) is 18.5 Å². The van der Waals surface area contributed by atoms with Gasteiger partial charge >= 0.3 is 5.69 Å². The Labute approximate surface area is 206 Å². The van der Waals surface area contributed by atoms with Crippen molar-refractivity contribution in [3.8, 4) is 11.3 Å². The van der Waals surface area contributed by atoms with Crippen LogP contribution in [0.4, 0.5) is 8.78 Å². The summed E-state index contributed by atoms with van der Waals surface area (Å²) in [6, 6.07) is 11.1. The lowest BCUT2D eigenvalue weighted by atomic mass is 9.86. The number of nitrogens with zero attached hydrogens (tertiary/aromatic N) is 6. The molecule has 0 saturated heterocycles. The van der Waals surface area contributed by atoms with Gasteiger partial charge in [0.1, 0.15) is 35.5 Å². The molecule has 3 aromatic heterocycles. The standard InChI is InChI=1S/C24H19BrF2N6O2/c1-15(24(35,12-31-14-28-13-29-31)19-7-6-18(26)10-20(19)27)32-9-8-22-30-21(11-33(22)23(32)34)16-2-4-17(25)5-3-16/h2-11,13-15,35H,12H2,1H3/t15-,24?/m1/s1. The third-order valence-corrected chi connectivity index (χ3v) is 6.59. The molecule has 1 N–H and O–H groups in total. The summed E-state index contributed by atoms with van der Waals surface area (Å²) in [5, 5.41) is 15.8. The van der Waals surface area contributed by atoms with Crippen molar-refractivity contribution in [1.82, 2.24) is 28.7 Å². The lowest BCUT2D eigenvalue weighted by molar-refractivity contribution is -0.0346.